The van der Waals surface area contributed by atoms with Crippen molar-refractivity contribution in [3.05, 3.63) is 59.1 Å². The zero-order valence-corrected chi connectivity index (χ0v) is 15.0. The maximum Gasteiger partial charge on any atom is 0.273 e. The number of carbonyl (C=O) groups excluding carboxylic acids is 2. The van der Waals surface area contributed by atoms with E-state index < -0.39 is 21.8 Å². The largest absolute Gasteiger partial charge is 0.507 e. The summed E-state index contributed by atoms with van der Waals surface area (Å²) in [6.45, 7) is -0.173. The second-order valence-corrected chi connectivity index (χ2v) is 7.33. The van der Waals surface area contributed by atoms with Gasteiger partial charge >= 0.3 is 0 Å². The van der Waals surface area contributed by atoms with Crippen molar-refractivity contribution < 1.29 is 23.1 Å². The van der Waals surface area contributed by atoms with Crippen LogP contribution in [0.15, 0.2) is 53.4 Å². The van der Waals surface area contributed by atoms with E-state index in [-0.39, 0.29) is 34.2 Å². The van der Waals surface area contributed by atoms with Gasteiger partial charge in [0.15, 0.2) is 0 Å². The predicted octanol–water partition coefficient (Wildman–Crippen LogP) is 1.18. The van der Waals surface area contributed by atoms with Crippen molar-refractivity contribution in [1.29, 1.82) is 0 Å². The summed E-state index contributed by atoms with van der Waals surface area (Å²) in [6, 6.07) is 11.5. The third kappa shape index (κ3) is 5.45. The molecule has 2 aromatic carbocycles. The molecule has 2 rings (SSSR count). The number of carbonyl (C=O) groups is 2. The maximum atomic E-state index is 12.1. The molecule has 0 heterocycles. The Hall–Kier alpha value is -2.62. The van der Waals surface area contributed by atoms with Crippen LogP contribution in [0.3, 0.4) is 0 Å². The van der Waals surface area contributed by atoms with Crippen LogP contribution >= 0.6 is 11.6 Å². The lowest BCUT2D eigenvalue weighted by atomic mass is 10.2. The van der Waals surface area contributed by atoms with E-state index >= 15 is 0 Å². The SMILES string of the molecule is O=C(CCNS(=O)(=O)c1cccc(Cl)c1)NNC(=O)c1ccccc1O. The first-order valence-corrected chi connectivity index (χ1v) is 9.28. The van der Waals surface area contributed by atoms with Crippen LogP contribution in [0.25, 0.3) is 0 Å². The number of hydrogen-bond acceptors (Lipinski definition) is 5. The first kappa shape index (κ1) is 19.7. The summed E-state index contributed by atoms with van der Waals surface area (Å²) in [5.41, 5.74) is 4.27. The van der Waals surface area contributed by atoms with Crippen LogP contribution in [0.5, 0.6) is 5.75 Å². The molecule has 0 aliphatic carbocycles. The summed E-state index contributed by atoms with van der Waals surface area (Å²) in [4.78, 5) is 23.5. The van der Waals surface area contributed by atoms with Gasteiger partial charge in [-0.3, -0.25) is 20.4 Å². The second kappa shape index (κ2) is 8.65. The molecular formula is C16H16ClN3O5S. The third-order valence-corrected chi connectivity index (χ3v) is 4.91. The molecule has 0 saturated carbocycles. The van der Waals surface area contributed by atoms with Gasteiger partial charge in [0, 0.05) is 18.0 Å². The molecule has 0 bridgehead atoms. The smallest absolute Gasteiger partial charge is 0.273 e. The number of aromatic hydroxyl groups is 1. The van der Waals surface area contributed by atoms with Gasteiger partial charge in [0.2, 0.25) is 15.9 Å². The lowest BCUT2D eigenvalue weighted by Crippen LogP contribution is -2.42. The van der Waals surface area contributed by atoms with E-state index in [1.54, 1.807) is 18.2 Å². The van der Waals surface area contributed by atoms with Gasteiger partial charge in [0.1, 0.15) is 5.75 Å². The van der Waals surface area contributed by atoms with Crippen molar-refractivity contribution in [2.45, 2.75) is 11.3 Å². The summed E-state index contributed by atoms with van der Waals surface area (Å²) < 4.78 is 26.4. The molecule has 0 unspecified atom stereocenters. The molecule has 0 aliphatic rings. The molecule has 138 valence electrons. The minimum atomic E-state index is -3.79. The van der Waals surface area contributed by atoms with Crippen molar-refractivity contribution >= 4 is 33.4 Å². The predicted molar refractivity (Wildman–Crippen MR) is 95.0 cm³/mol. The minimum absolute atomic E-state index is 0.00513. The van der Waals surface area contributed by atoms with Gasteiger partial charge in [-0.05, 0) is 30.3 Å². The molecule has 0 saturated heterocycles. The van der Waals surface area contributed by atoms with Crippen molar-refractivity contribution in [2.24, 2.45) is 0 Å². The molecule has 26 heavy (non-hydrogen) atoms. The molecule has 0 atom stereocenters. The molecule has 0 spiro atoms. The van der Waals surface area contributed by atoms with Gasteiger partial charge in [0.05, 0.1) is 10.5 Å². The van der Waals surface area contributed by atoms with Crippen LogP contribution in [-0.4, -0.2) is 31.9 Å². The second-order valence-electron chi connectivity index (χ2n) is 5.12. The lowest BCUT2D eigenvalue weighted by Gasteiger charge is -2.09. The van der Waals surface area contributed by atoms with E-state index in [9.17, 15) is 23.1 Å². The molecule has 4 N–H and O–H groups in total. The average Bonchev–Trinajstić information content (AvgIpc) is 2.60. The van der Waals surface area contributed by atoms with Crippen molar-refractivity contribution in [1.82, 2.24) is 15.6 Å². The highest BCUT2D eigenvalue weighted by molar-refractivity contribution is 7.89. The van der Waals surface area contributed by atoms with Crippen molar-refractivity contribution in [2.75, 3.05) is 6.54 Å². The van der Waals surface area contributed by atoms with Gasteiger partial charge in [-0.1, -0.05) is 29.8 Å². The quantitative estimate of drug-likeness (QED) is 0.545. The minimum Gasteiger partial charge on any atom is -0.507 e. The Morgan fingerprint density at radius 2 is 1.77 bits per heavy atom. The Balaban J connectivity index is 1.80. The number of benzene rings is 2. The van der Waals surface area contributed by atoms with Gasteiger partial charge in [0.25, 0.3) is 5.91 Å². The fourth-order valence-electron chi connectivity index (χ4n) is 1.94. The number of hydrazine groups is 1. The molecule has 2 aromatic rings. The van der Waals surface area contributed by atoms with Crippen LogP contribution in [0.2, 0.25) is 5.02 Å². The summed E-state index contributed by atoms with van der Waals surface area (Å²) in [5, 5.41) is 9.82. The molecule has 2 amide bonds. The Morgan fingerprint density at radius 3 is 2.46 bits per heavy atom. The number of amides is 2. The molecule has 0 radical (unpaired) electrons. The number of nitrogens with one attached hydrogen (secondary N) is 3. The molecule has 8 nitrogen and oxygen atoms in total. The highest BCUT2D eigenvalue weighted by atomic mass is 35.5. The van der Waals surface area contributed by atoms with Crippen LogP contribution in [0.4, 0.5) is 0 Å². The van der Waals surface area contributed by atoms with E-state index in [0.29, 0.717) is 0 Å². The first-order valence-electron chi connectivity index (χ1n) is 7.42. The van der Waals surface area contributed by atoms with Gasteiger partial charge < -0.3 is 5.11 Å². The van der Waals surface area contributed by atoms with E-state index in [0.717, 1.165) is 0 Å². The van der Waals surface area contributed by atoms with E-state index in [1.807, 2.05) is 0 Å². The van der Waals surface area contributed by atoms with E-state index in [4.69, 9.17) is 11.6 Å². The Morgan fingerprint density at radius 1 is 1.04 bits per heavy atom. The number of halogens is 1. The molecule has 0 fully saturated rings. The molecular weight excluding hydrogens is 382 g/mol. The topological polar surface area (TPSA) is 125 Å². The highest BCUT2D eigenvalue weighted by Crippen LogP contribution is 2.15. The lowest BCUT2D eigenvalue weighted by molar-refractivity contribution is -0.121. The third-order valence-electron chi connectivity index (χ3n) is 3.21. The number of sulfonamides is 1. The van der Waals surface area contributed by atoms with Crippen LogP contribution in [0, 0.1) is 0 Å². The Labute approximate surface area is 155 Å². The fraction of sp³-hybridized carbons (Fsp3) is 0.125. The number of hydrogen-bond donors (Lipinski definition) is 4. The Bertz CT molecular complexity index is 918. The van der Waals surface area contributed by atoms with Crippen LogP contribution in [0.1, 0.15) is 16.8 Å². The number of phenolic OH excluding ortho intramolecular Hbond substituents is 1. The maximum absolute atomic E-state index is 12.1. The summed E-state index contributed by atoms with van der Waals surface area (Å²) in [7, 11) is -3.79. The number of phenols is 1. The zero-order valence-electron chi connectivity index (χ0n) is 13.4. The van der Waals surface area contributed by atoms with Crippen LogP contribution in [-0.2, 0) is 14.8 Å². The first-order chi connectivity index (χ1) is 12.3. The fourth-order valence-corrected chi connectivity index (χ4v) is 3.27. The Kier molecular flexibility index (Phi) is 6.56. The monoisotopic (exact) mass is 397 g/mol. The van der Waals surface area contributed by atoms with E-state index in [1.165, 1.54) is 30.3 Å². The molecule has 0 aliphatic heterocycles. The molecule has 10 heteroatoms. The normalized spacial score (nSPS) is 11.0. The summed E-state index contributed by atoms with van der Waals surface area (Å²) in [5.74, 6) is -1.54. The van der Waals surface area contributed by atoms with Gasteiger partial charge in [-0.2, -0.15) is 0 Å². The van der Waals surface area contributed by atoms with Crippen molar-refractivity contribution in [3.63, 3.8) is 0 Å². The van der Waals surface area contributed by atoms with Gasteiger partial charge in [-0.25, -0.2) is 13.1 Å². The highest BCUT2D eigenvalue weighted by Gasteiger charge is 2.15. The van der Waals surface area contributed by atoms with Crippen molar-refractivity contribution in [3.8, 4) is 5.75 Å². The average molecular weight is 398 g/mol. The van der Waals surface area contributed by atoms with Crippen LogP contribution < -0.4 is 15.6 Å². The summed E-state index contributed by atoms with van der Waals surface area (Å²) >= 11 is 5.75. The molecule has 0 aromatic heterocycles. The zero-order chi connectivity index (χ0) is 19.2. The van der Waals surface area contributed by atoms with E-state index in [2.05, 4.69) is 15.6 Å². The standard InChI is InChI=1S/C16H16ClN3O5S/c17-11-4-3-5-12(10-11)26(24,25)18-9-8-15(22)19-20-16(23)13-6-1-2-7-14(13)21/h1-7,10,18,21H,8-9H2,(H,19,22)(H,20,23). The number of para-hydroxylation sites is 1. The summed E-state index contributed by atoms with van der Waals surface area (Å²) in [6.07, 6.45) is -0.207. The van der Waals surface area contributed by atoms with Gasteiger partial charge in [-0.15, -0.1) is 0 Å². The number of rotatable bonds is 6.